The molecule has 0 aliphatic carbocycles. The number of rotatable bonds is 3. The molecule has 1 amide bonds. The summed E-state index contributed by atoms with van der Waals surface area (Å²) in [5, 5.41) is 0. The number of carbonyl (C=O) groups excluding carboxylic acids is 1. The molecule has 0 N–H and O–H groups in total. The average Bonchev–Trinajstić information content (AvgIpc) is 3.20. The van der Waals surface area contributed by atoms with E-state index in [4.69, 9.17) is 9.15 Å². The number of furan rings is 1. The lowest BCUT2D eigenvalue weighted by molar-refractivity contribution is 0.0261. The van der Waals surface area contributed by atoms with Crippen molar-refractivity contribution in [1.29, 1.82) is 0 Å². The first-order valence-electron chi connectivity index (χ1n) is 8.84. The Balaban J connectivity index is 1.54. The van der Waals surface area contributed by atoms with Crippen molar-refractivity contribution in [2.24, 2.45) is 5.92 Å². The van der Waals surface area contributed by atoms with Crippen molar-refractivity contribution in [3.05, 3.63) is 41.9 Å². The molecule has 0 radical (unpaired) electrons. The first-order valence-corrected chi connectivity index (χ1v) is 8.84. The molecule has 1 unspecified atom stereocenters. The molecule has 0 bridgehead atoms. The van der Waals surface area contributed by atoms with Gasteiger partial charge < -0.3 is 18.6 Å². The van der Waals surface area contributed by atoms with Crippen LogP contribution in [-0.4, -0.2) is 64.7 Å². The monoisotopic (exact) mass is 344 g/mol. The van der Waals surface area contributed by atoms with Gasteiger partial charge in [-0.05, 0) is 13.0 Å². The van der Waals surface area contributed by atoms with Crippen molar-refractivity contribution >= 4 is 5.91 Å². The number of amides is 1. The first-order chi connectivity index (χ1) is 12.2. The Kier molecular flexibility index (Phi) is 4.59. The van der Waals surface area contributed by atoms with Gasteiger partial charge in [-0.3, -0.25) is 9.69 Å². The van der Waals surface area contributed by atoms with Crippen LogP contribution in [0.4, 0.5) is 0 Å². The molecule has 4 rings (SSSR count). The minimum Gasteiger partial charge on any atom is -0.459 e. The fourth-order valence-electron chi connectivity index (χ4n) is 3.70. The smallest absolute Gasteiger partial charge is 0.290 e. The van der Waals surface area contributed by atoms with Crippen LogP contribution in [0.2, 0.25) is 0 Å². The van der Waals surface area contributed by atoms with Gasteiger partial charge in [0.15, 0.2) is 5.76 Å². The van der Waals surface area contributed by atoms with Gasteiger partial charge in [-0.25, -0.2) is 4.98 Å². The molecule has 7 nitrogen and oxygen atoms in total. The van der Waals surface area contributed by atoms with E-state index in [1.54, 1.807) is 6.26 Å². The third kappa shape index (κ3) is 3.48. The highest BCUT2D eigenvalue weighted by Crippen LogP contribution is 2.21. The molecule has 134 valence electrons. The average molecular weight is 344 g/mol. The van der Waals surface area contributed by atoms with Crippen LogP contribution in [0.5, 0.6) is 0 Å². The van der Waals surface area contributed by atoms with Crippen molar-refractivity contribution < 1.29 is 13.9 Å². The Morgan fingerprint density at radius 1 is 1.32 bits per heavy atom. The van der Waals surface area contributed by atoms with Crippen LogP contribution in [0.1, 0.15) is 21.9 Å². The summed E-state index contributed by atoms with van der Waals surface area (Å²) in [6, 6.07) is 1.83. The number of imidazole rings is 1. The highest BCUT2D eigenvalue weighted by Gasteiger charge is 2.29. The van der Waals surface area contributed by atoms with E-state index in [1.165, 1.54) is 0 Å². The second-order valence-corrected chi connectivity index (χ2v) is 6.89. The van der Waals surface area contributed by atoms with Gasteiger partial charge in [0.05, 0.1) is 26.0 Å². The summed E-state index contributed by atoms with van der Waals surface area (Å²) in [6.45, 7) is 8.47. The van der Waals surface area contributed by atoms with Crippen LogP contribution in [-0.2, 0) is 17.8 Å². The van der Waals surface area contributed by atoms with Gasteiger partial charge in [0, 0.05) is 56.6 Å². The first kappa shape index (κ1) is 16.4. The number of carbonyl (C=O) groups is 1. The molecule has 4 heterocycles. The molecule has 2 aromatic rings. The van der Waals surface area contributed by atoms with Gasteiger partial charge in [0.1, 0.15) is 5.82 Å². The summed E-state index contributed by atoms with van der Waals surface area (Å²) < 4.78 is 13.0. The van der Waals surface area contributed by atoms with E-state index in [-0.39, 0.29) is 5.91 Å². The molecule has 2 aliphatic heterocycles. The number of aromatic nitrogens is 2. The fraction of sp³-hybridized carbons (Fsp3) is 0.556. The van der Waals surface area contributed by atoms with E-state index in [0.29, 0.717) is 24.8 Å². The maximum atomic E-state index is 13.0. The molecule has 0 saturated carbocycles. The molecule has 25 heavy (non-hydrogen) atoms. The molecule has 1 saturated heterocycles. The van der Waals surface area contributed by atoms with E-state index in [1.807, 2.05) is 30.3 Å². The minimum atomic E-state index is -0.0501. The van der Waals surface area contributed by atoms with Gasteiger partial charge in [-0.1, -0.05) is 0 Å². The largest absolute Gasteiger partial charge is 0.459 e. The normalized spacial score (nSPS) is 21.8. The molecular formula is C18H24N4O3. The lowest BCUT2D eigenvalue weighted by Gasteiger charge is -2.31. The number of ether oxygens (including phenoxy) is 1. The summed E-state index contributed by atoms with van der Waals surface area (Å²) in [4.78, 5) is 21.7. The van der Waals surface area contributed by atoms with E-state index < -0.39 is 0 Å². The molecule has 2 aromatic heterocycles. The predicted octanol–water partition coefficient (Wildman–Crippen LogP) is 1.39. The summed E-state index contributed by atoms with van der Waals surface area (Å²) in [5.41, 5.74) is 0.877. The van der Waals surface area contributed by atoms with E-state index in [2.05, 4.69) is 14.5 Å². The van der Waals surface area contributed by atoms with Crippen molar-refractivity contribution in [1.82, 2.24) is 19.4 Å². The quantitative estimate of drug-likeness (QED) is 0.842. The van der Waals surface area contributed by atoms with E-state index in [0.717, 1.165) is 50.8 Å². The van der Waals surface area contributed by atoms with Crippen molar-refractivity contribution in [3.63, 3.8) is 0 Å². The topological polar surface area (TPSA) is 63.7 Å². The molecular weight excluding hydrogens is 320 g/mol. The molecule has 7 heteroatoms. The summed E-state index contributed by atoms with van der Waals surface area (Å²) in [6.07, 6.45) is 5.40. The Labute approximate surface area is 147 Å². The summed E-state index contributed by atoms with van der Waals surface area (Å²) in [5.74, 6) is 1.67. The second kappa shape index (κ2) is 7.01. The highest BCUT2D eigenvalue weighted by atomic mass is 16.5. The summed E-state index contributed by atoms with van der Waals surface area (Å²) in [7, 11) is 0. The van der Waals surface area contributed by atoms with Crippen molar-refractivity contribution in [3.8, 4) is 0 Å². The van der Waals surface area contributed by atoms with Crippen molar-refractivity contribution in [2.45, 2.75) is 20.0 Å². The number of morpholine rings is 1. The Morgan fingerprint density at radius 2 is 2.16 bits per heavy atom. The van der Waals surface area contributed by atoms with Crippen LogP contribution in [0.15, 0.2) is 29.1 Å². The van der Waals surface area contributed by atoms with Gasteiger partial charge in [-0.2, -0.15) is 0 Å². The maximum Gasteiger partial charge on any atom is 0.290 e. The highest BCUT2D eigenvalue weighted by molar-refractivity contribution is 5.92. The maximum absolute atomic E-state index is 13.0. The van der Waals surface area contributed by atoms with E-state index in [9.17, 15) is 4.79 Å². The van der Waals surface area contributed by atoms with Gasteiger partial charge in [-0.15, -0.1) is 0 Å². The molecule has 1 fully saturated rings. The van der Waals surface area contributed by atoms with Crippen LogP contribution < -0.4 is 0 Å². The van der Waals surface area contributed by atoms with Gasteiger partial charge in [0.2, 0.25) is 0 Å². The zero-order valence-corrected chi connectivity index (χ0v) is 14.6. The van der Waals surface area contributed by atoms with Crippen molar-refractivity contribution in [2.75, 3.05) is 39.4 Å². The number of nitrogens with zero attached hydrogens (tertiary/aromatic N) is 4. The summed E-state index contributed by atoms with van der Waals surface area (Å²) >= 11 is 0. The zero-order chi connectivity index (χ0) is 17.2. The SMILES string of the molecule is Cc1ccoc1C(=O)N1Cc2nccn2CC(CN2CCOCC2)C1. The third-order valence-electron chi connectivity index (χ3n) is 5.03. The lowest BCUT2D eigenvalue weighted by atomic mass is 10.1. The second-order valence-electron chi connectivity index (χ2n) is 6.89. The molecule has 0 aromatic carbocycles. The van der Waals surface area contributed by atoms with Gasteiger partial charge in [0.25, 0.3) is 5.91 Å². The van der Waals surface area contributed by atoms with E-state index >= 15 is 0 Å². The Morgan fingerprint density at radius 3 is 2.92 bits per heavy atom. The molecule has 1 atom stereocenters. The predicted molar refractivity (Wildman–Crippen MR) is 91.2 cm³/mol. The molecule has 2 aliphatic rings. The lowest BCUT2D eigenvalue weighted by Crippen LogP contribution is -2.43. The molecule has 0 spiro atoms. The zero-order valence-electron chi connectivity index (χ0n) is 14.6. The third-order valence-corrected chi connectivity index (χ3v) is 5.03. The Hall–Kier alpha value is -2.12. The number of hydrogen-bond donors (Lipinski definition) is 0. The standard InChI is InChI=1S/C18H24N4O3/c1-14-2-7-25-17(14)18(23)22-12-15(10-20-5-8-24-9-6-20)11-21-4-3-19-16(21)13-22/h2-4,7,15H,5-6,8-13H2,1H3. The van der Waals surface area contributed by atoms with Crippen LogP contribution in [0.3, 0.4) is 0 Å². The van der Waals surface area contributed by atoms with Crippen LogP contribution in [0.25, 0.3) is 0 Å². The number of hydrogen-bond acceptors (Lipinski definition) is 5. The van der Waals surface area contributed by atoms with Crippen LogP contribution in [0, 0.1) is 12.8 Å². The Bertz CT molecular complexity index is 732. The minimum absolute atomic E-state index is 0.0501. The van der Waals surface area contributed by atoms with Gasteiger partial charge >= 0.3 is 0 Å². The number of aryl methyl sites for hydroxylation is 1. The fourth-order valence-corrected chi connectivity index (χ4v) is 3.70. The number of fused-ring (bicyclic) bond motifs is 1. The van der Waals surface area contributed by atoms with Crippen LogP contribution >= 0.6 is 0 Å².